The minimum absolute atomic E-state index is 0.0344. The summed E-state index contributed by atoms with van der Waals surface area (Å²) in [6.07, 6.45) is 2.38. The van der Waals surface area contributed by atoms with E-state index in [9.17, 15) is 9.90 Å². The Morgan fingerprint density at radius 3 is 2.91 bits per heavy atom. The van der Waals surface area contributed by atoms with Gasteiger partial charge in [-0.15, -0.1) is 11.3 Å². The second-order valence-corrected chi connectivity index (χ2v) is 7.44. The molecule has 3 rings (SSSR count). The fourth-order valence-electron chi connectivity index (χ4n) is 2.97. The van der Waals surface area contributed by atoms with E-state index >= 15 is 0 Å². The molecule has 3 heterocycles. The van der Waals surface area contributed by atoms with Crippen molar-refractivity contribution in [1.82, 2.24) is 9.88 Å². The van der Waals surface area contributed by atoms with Crippen LogP contribution in [0.4, 0.5) is 5.82 Å². The van der Waals surface area contributed by atoms with E-state index in [-0.39, 0.29) is 5.91 Å². The highest BCUT2D eigenvalue weighted by molar-refractivity contribution is 7.13. The van der Waals surface area contributed by atoms with E-state index in [4.69, 9.17) is 0 Å². The molecule has 0 saturated carbocycles. The molecule has 0 spiro atoms. The standard InChI is InChI=1S/C17H21N3O2S/c1-13-6-7-14(23-13)16(21)19(2)11-17(22)8-10-20(12-17)15-5-3-4-9-18-15/h3-7,9,22H,8,10-12H2,1-2H3/t17-/m0/s1. The number of hydrogen-bond donors (Lipinski definition) is 1. The summed E-state index contributed by atoms with van der Waals surface area (Å²) in [5, 5.41) is 10.8. The number of nitrogens with zero attached hydrogens (tertiary/aromatic N) is 3. The van der Waals surface area contributed by atoms with Gasteiger partial charge in [-0.2, -0.15) is 0 Å². The highest BCUT2D eigenvalue weighted by Gasteiger charge is 2.38. The van der Waals surface area contributed by atoms with E-state index in [1.165, 1.54) is 11.3 Å². The highest BCUT2D eigenvalue weighted by Crippen LogP contribution is 2.27. The topological polar surface area (TPSA) is 56.7 Å². The number of anilines is 1. The average Bonchev–Trinajstić information content (AvgIpc) is 3.14. The molecule has 1 fully saturated rings. The van der Waals surface area contributed by atoms with Crippen LogP contribution in [-0.4, -0.2) is 53.2 Å². The fraction of sp³-hybridized carbons (Fsp3) is 0.412. The summed E-state index contributed by atoms with van der Waals surface area (Å²) < 4.78 is 0. The Kier molecular flexibility index (Phi) is 4.37. The zero-order valence-electron chi connectivity index (χ0n) is 13.4. The van der Waals surface area contributed by atoms with Crippen molar-refractivity contribution >= 4 is 23.1 Å². The molecule has 0 radical (unpaired) electrons. The first-order valence-corrected chi connectivity index (χ1v) is 8.49. The SMILES string of the molecule is Cc1ccc(C(=O)N(C)C[C@@]2(O)CCN(c3ccccn3)C2)s1. The Balaban J connectivity index is 1.64. The molecule has 0 aliphatic carbocycles. The van der Waals surface area contributed by atoms with E-state index in [0.717, 1.165) is 17.2 Å². The fourth-order valence-corrected chi connectivity index (χ4v) is 3.83. The Labute approximate surface area is 140 Å². The first-order valence-electron chi connectivity index (χ1n) is 7.67. The molecule has 0 bridgehead atoms. The number of hydrogen-bond acceptors (Lipinski definition) is 5. The molecule has 6 heteroatoms. The molecule has 1 amide bonds. The highest BCUT2D eigenvalue weighted by atomic mass is 32.1. The van der Waals surface area contributed by atoms with Crippen molar-refractivity contribution in [2.24, 2.45) is 0 Å². The zero-order valence-corrected chi connectivity index (χ0v) is 14.2. The molecule has 1 aliphatic rings. The van der Waals surface area contributed by atoms with Gasteiger partial charge in [0, 0.05) is 31.2 Å². The molecule has 2 aromatic heterocycles. The van der Waals surface area contributed by atoms with Gasteiger partial charge in [0.15, 0.2) is 0 Å². The van der Waals surface area contributed by atoms with Crippen LogP contribution >= 0.6 is 11.3 Å². The Morgan fingerprint density at radius 1 is 1.43 bits per heavy atom. The van der Waals surface area contributed by atoms with Gasteiger partial charge in [-0.1, -0.05) is 6.07 Å². The molecular formula is C17H21N3O2S. The smallest absolute Gasteiger partial charge is 0.263 e. The number of aliphatic hydroxyl groups is 1. The van der Waals surface area contributed by atoms with E-state index in [2.05, 4.69) is 9.88 Å². The van der Waals surface area contributed by atoms with E-state index < -0.39 is 5.60 Å². The van der Waals surface area contributed by atoms with Gasteiger partial charge >= 0.3 is 0 Å². The van der Waals surface area contributed by atoms with Crippen molar-refractivity contribution in [3.05, 3.63) is 46.3 Å². The van der Waals surface area contributed by atoms with Crippen LogP contribution in [0.2, 0.25) is 0 Å². The average molecular weight is 331 g/mol. The number of likely N-dealkylation sites (N-methyl/N-ethyl adjacent to an activating group) is 1. The number of amides is 1. The normalized spacial score (nSPS) is 20.7. The second-order valence-electron chi connectivity index (χ2n) is 6.16. The maximum Gasteiger partial charge on any atom is 0.263 e. The lowest BCUT2D eigenvalue weighted by atomic mass is 10.0. The van der Waals surface area contributed by atoms with Crippen molar-refractivity contribution in [2.75, 3.05) is 31.6 Å². The number of rotatable bonds is 4. The molecule has 23 heavy (non-hydrogen) atoms. The Hall–Kier alpha value is -1.92. The molecule has 122 valence electrons. The number of thiophene rings is 1. The van der Waals surface area contributed by atoms with Crippen molar-refractivity contribution in [3.63, 3.8) is 0 Å². The number of aromatic nitrogens is 1. The molecule has 0 aromatic carbocycles. The summed E-state index contributed by atoms with van der Waals surface area (Å²) in [6, 6.07) is 9.54. The lowest BCUT2D eigenvalue weighted by Crippen LogP contribution is -2.45. The number of β-amino-alcohol motifs (C(OH)–C–C–N with tert-alkyl or cyclic N) is 1. The number of pyridine rings is 1. The van der Waals surface area contributed by atoms with Gasteiger partial charge < -0.3 is 14.9 Å². The summed E-state index contributed by atoms with van der Waals surface area (Å²) in [7, 11) is 1.75. The van der Waals surface area contributed by atoms with E-state index in [0.29, 0.717) is 24.4 Å². The summed E-state index contributed by atoms with van der Waals surface area (Å²) in [6.45, 7) is 3.54. The number of carbonyl (C=O) groups excluding carboxylic acids is 1. The molecular weight excluding hydrogens is 310 g/mol. The van der Waals surface area contributed by atoms with Crippen molar-refractivity contribution in [2.45, 2.75) is 18.9 Å². The molecule has 1 saturated heterocycles. The van der Waals surface area contributed by atoms with Crippen LogP contribution in [0.1, 0.15) is 21.0 Å². The van der Waals surface area contributed by atoms with Crippen LogP contribution in [0.15, 0.2) is 36.5 Å². The second kappa shape index (κ2) is 6.29. The third-order valence-corrected chi connectivity index (χ3v) is 5.12. The van der Waals surface area contributed by atoms with Gasteiger partial charge in [0.25, 0.3) is 5.91 Å². The van der Waals surface area contributed by atoms with Gasteiger partial charge in [0.2, 0.25) is 0 Å². The first kappa shape index (κ1) is 16.0. The molecule has 2 aromatic rings. The van der Waals surface area contributed by atoms with E-state index in [1.807, 2.05) is 37.3 Å². The first-order chi connectivity index (χ1) is 11.0. The Bertz CT molecular complexity index is 688. The monoisotopic (exact) mass is 331 g/mol. The predicted octanol–water partition coefficient (Wildman–Crippen LogP) is 2.16. The van der Waals surface area contributed by atoms with Crippen LogP contribution < -0.4 is 4.90 Å². The summed E-state index contributed by atoms with van der Waals surface area (Å²) in [5.41, 5.74) is -0.895. The van der Waals surface area contributed by atoms with Gasteiger partial charge in [-0.25, -0.2) is 4.98 Å². The Morgan fingerprint density at radius 2 is 2.26 bits per heavy atom. The summed E-state index contributed by atoms with van der Waals surface area (Å²) in [5.74, 6) is 0.832. The van der Waals surface area contributed by atoms with E-state index in [1.54, 1.807) is 18.1 Å². The lowest BCUT2D eigenvalue weighted by Gasteiger charge is -2.29. The number of carbonyl (C=O) groups is 1. The largest absolute Gasteiger partial charge is 0.386 e. The molecule has 1 aliphatic heterocycles. The summed E-state index contributed by atoms with van der Waals surface area (Å²) >= 11 is 1.49. The van der Waals surface area contributed by atoms with Gasteiger partial charge in [-0.3, -0.25) is 4.79 Å². The molecule has 0 unspecified atom stereocenters. The van der Waals surface area contributed by atoms with Gasteiger partial charge in [0.1, 0.15) is 11.4 Å². The van der Waals surface area contributed by atoms with Crippen molar-refractivity contribution < 1.29 is 9.90 Å². The van der Waals surface area contributed by atoms with Crippen LogP contribution in [0, 0.1) is 6.92 Å². The van der Waals surface area contributed by atoms with Gasteiger partial charge in [0.05, 0.1) is 11.4 Å². The van der Waals surface area contributed by atoms with Crippen LogP contribution in [-0.2, 0) is 0 Å². The van der Waals surface area contributed by atoms with Crippen LogP contribution in [0.5, 0.6) is 0 Å². The predicted molar refractivity (Wildman–Crippen MR) is 92.0 cm³/mol. The number of aryl methyl sites for hydroxylation is 1. The molecule has 1 atom stereocenters. The zero-order chi connectivity index (χ0) is 16.4. The van der Waals surface area contributed by atoms with Crippen LogP contribution in [0.3, 0.4) is 0 Å². The quantitative estimate of drug-likeness (QED) is 0.933. The van der Waals surface area contributed by atoms with Crippen molar-refractivity contribution in [1.29, 1.82) is 0 Å². The van der Waals surface area contributed by atoms with Crippen LogP contribution in [0.25, 0.3) is 0 Å². The maximum atomic E-state index is 12.4. The van der Waals surface area contributed by atoms with Gasteiger partial charge in [-0.05, 0) is 37.6 Å². The maximum absolute atomic E-state index is 12.4. The third-order valence-electron chi connectivity index (χ3n) is 4.13. The lowest BCUT2D eigenvalue weighted by molar-refractivity contribution is 0.0266. The minimum Gasteiger partial charge on any atom is -0.386 e. The molecule has 5 nitrogen and oxygen atoms in total. The minimum atomic E-state index is -0.895. The van der Waals surface area contributed by atoms with Crippen molar-refractivity contribution in [3.8, 4) is 0 Å². The molecule has 1 N–H and O–H groups in total. The third kappa shape index (κ3) is 3.54. The summed E-state index contributed by atoms with van der Waals surface area (Å²) in [4.78, 5) is 22.3.